The lowest BCUT2D eigenvalue weighted by atomic mass is 9.83. The van der Waals surface area contributed by atoms with Crippen LogP contribution in [-0.4, -0.2) is 27.1 Å². The van der Waals surface area contributed by atoms with Gasteiger partial charge in [0.25, 0.3) is 0 Å². The number of carbonyl (C=O) groups excluding carboxylic acids is 1. The Morgan fingerprint density at radius 2 is 1.84 bits per heavy atom. The molecule has 0 radical (unpaired) electrons. The zero-order valence-corrected chi connectivity index (χ0v) is 14.2. The normalized spacial score (nSPS) is 18.0. The third-order valence-corrected chi connectivity index (χ3v) is 4.09. The Labute approximate surface area is 146 Å². The van der Waals surface area contributed by atoms with Crippen molar-refractivity contribution in [1.82, 2.24) is 9.97 Å². The van der Waals surface area contributed by atoms with Gasteiger partial charge in [0.05, 0.1) is 11.8 Å². The van der Waals surface area contributed by atoms with E-state index in [2.05, 4.69) is 20.5 Å². The SMILES string of the molecule is Cc1cc(C)nc(NN=CC2=C(O)CC(c3ccccc3)CC2=O)n1. The Hall–Kier alpha value is -3.02. The van der Waals surface area contributed by atoms with Crippen LogP contribution in [0.2, 0.25) is 0 Å². The highest BCUT2D eigenvalue weighted by Gasteiger charge is 2.27. The molecule has 25 heavy (non-hydrogen) atoms. The van der Waals surface area contributed by atoms with Gasteiger partial charge < -0.3 is 5.11 Å². The van der Waals surface area contributed by atoms with Gasteiger partial charge in [0.2, 0.25) is 5.95 Å². The molecule has 0 spiro atoms. The third-order valence-electron chi connectivity index (χ3n) is 4.09. The van der Waals surface area contributed by atoms with E-state index in [-0.39, 0.29) is 23.0 Å². The predicted molar refractivity (Wildman–Crippen MR) is 96.7 cm³/mol. The molecule has 6 nitrogen and oxygen atoms in total. The second-order valence-corrected chi connectivity index (χ2v) is 6.14. The minimum atomic E-state index is -0.121. The third kappa shape index (κ3) is 4.09. The molecule has 1 aliphatic carbocycles. The van der Waals surface area contributed by atoms with Gasteiger partial charge in [-0.05, 0) is 31.4 Å². The number of benzene rings is 1. The molecule has 0 amide bonds. The number of nitrogens with zero attached hydrogens (tertiary/aromatic N) is 3. The molecule has 1 unspecified atom stereocenters. The number of aromatic nitrogens is 2. The predicted octanol–water partition coefficient (Wildman–Crippen LogP) is 3.45. The molecule has 6 heteroatoms. The number of aryl methyl sites for hydroxylation is 2. The maximum atomic E-state index is 12.4. The summed E-state index contributed by atoms with van der Waals surface area (Å²) < 4.78 is 0. The fraction of sp³-hybridized carbons (Fsp3) is 0.263. The molecule has 1 aromatic carbocycles. The van der Waals surface area contributed by atoms with Crippen LogP contribution in [-0.2, 0) is 4.79 Å². The minimum absolute atomic E-state index is 0.00145. The smallest absolute Gasteiger partial charge is 0.243 e. The van der Waals surface area contributed by atoms with E-state index in [1.54, 1.807) is 0 Å². The van der Waals surface area contributed by atoms with Crippen molar-refractivity contribution >= 4 is 17.9 Å². The molecule has 0 saturated carbocycles. The quantitative estimate of drug-likeness (QED) is 0.659. The van der Waals surface area contributed by atoms with Crippen LogP contribution in [0.4, 0.5) is 5.95 Å². The van der Waals surface area contributed by atoms with Crippen molar-refractivity contribution in [1.29, 1.82) is 0 Å². The Kier molecular flexibility index (Phi) is 4.88. The van der Waals surface area contributed by atoms with Crippen molar-refractivity contribution in [3.05, 3.63) is 64.7 Å². The maximum Gasteiger partial charge on any atom is 0.243 e. The maximum absolute atomic E-state index is 12.4. The van der Waals surface area contributed by atoms with E-state index < -0.39 is 0 Å². The highest BCUT2D eigenvalue weighted by molar-refractivity contribution is 6.14. The molecular formula is C19H20N4O2. The molecule has 2 N–H and O–H groups in total. The van der Waals surface area contributed by atoms with Crippen LogP contribution in [0.15, 0.2) is 52.8 Å². The summed E-state index contributed by atoms with van der Waals surface area (Å²) in [6.45, 7) is 3.73. The molecule has 0 saturated heterocycles. The Bertz CT molecular complexity index is 824. The van der Waals surface area contributed by atoms with Gasteiger partial charge in [0.15, 0.2) is 5.78 Å². The number of anilines is 1. The molecule has 0 fully saturated rings. The van der Waals surface area contributed by atoms with E-state index in [4.69, 9.17) is 0 Å². The van der Waals surface area contributed by atoms with E-state index in [1.807, 2.05) is 50.2 Å². The number of rotatable bonds is 4. The summed E-state index contributed by atoms with van der Waals surface area (Å²) in [5, 5.41) is 14.3. The van der Waals surface area contributed by atoms with Crippen molar-refractivity contribution in [2.75, 3.05) is 5.43 Å². The van der Waals surface area contributed by atoms with Crippen LogP contribution in [0, 0.1) is 13.8 Å². The molecular weight excluding hydrogens is 316 g/mol. The van der Waals surface area contributed by atoms with Gasteiger partial charge in [-0.2, -0.15) is 5.10 Å². The first-order chi connectivity index (χ1) is 12.0. The topological polar surface area (TPSA) is 87.5 Å². The van der Waals surface area contributed by atoms with Gasteiger partial charge in [-0.15, -0.1) is 0 Å². The number of nitrogens with one attached hydrogen (secondary N) is 1. The summed E-state index contributed by atoms with van der Waals surface area (Å²) in [5.41, 5.74) is 5.65. The molecule has 1 aliphatic rings. The second kappa shape index (κ2) is 7.25. The molecule has 0 bridgehead atoms. The highest BCUT2D eigenvalue weighted by Crippen LogP contribution is 2.32. The van der Waals surface area contributed by atoms with E-state index in [1.165, 1.54) is 6.21 Å². The van der Waals surface area contributed by atoms with Gasteiger partial charge in [0.1, 0.15) is 5.76 Å². The Morgan fingerprint density at radius 1 is 1.16 bits per heavy atom. The first kappa shape index (κ1) is 16.8. The molecule has 2 aromatic rings. The van der Waals surface area contributed by atoms with Crippen LogP contribution < -0.4 is 5.43 Å². The molecule has 1 heterocycles. The number of Topliss-reactive ketones (excluding diaryl/α,β-unsaturated/α-hetero) is 1. The summed E-state index contributed by atoms with van der Waals surface area (Å²) >= 11 is 0. The van der Waals surface area contributed by atoms with Gasteiger partial charge in [0, 0.05) is 24.2 Å². The molecule has 1 aromatic heterocycles. The Balaban J connectivity index is 1.72. The van der Waals surface area contributed by atoms with Gasteiger partial charge in [-0.25, -0.2) is 15.4 Å². The van der Waals surface area contributed by atoms with Crippen LogP contribution >= 0.6 is 0 Å². The second-order valence-electron chi connectivity index (χ2n) is 6.14. The first-order valence-corrected chi connectivity index (χ1v) is 8.14. The summed E-state index contributed by atoms with van der Waals surface area (Å²) in [7, 11) is 0. The standard InChI is InChI=1S/C19H20N4O2/c1-12-8-13(2)22-19(21-12)23-20-11-16-17(24)9-15(10-18(16)25)14-6-4-3-5-7-14/h3-8,11,15,24H,9-10H2,1-2H3,(H,21,22,23). The van der Waals surface area contributed by atoms with Crippen molar-refractivity contribution in [2.24, 2.45) is 5.10 Å². The van der Waals surface area contributed by atoms with Gasteiger partial charge in [-0.1, -0.05) is 30.3 Å². The number of hydrazone groups is 1. The van der Waals surface area contributed by atoms with Crippen LogP contribution in [0.1, 0.15) is 35.7 Å². The lowest BCUT2D eigenvalue weighted by Gasteiger charge is -2.22. The highest BCUT2D eigenvalue weighted by atomic mass is 16.3. The molecule has 0 aliphatic heterocycles. The van der Waals surface area contributed by atoms with Gasteiger partial charge in [-0.3, -0.25) is 4.79 Å². The number of allylic oxidation sites excluding steroid dienone is 2. The lowest BCUT2D eigenvalue weighted by molar-refractivity contribution is -0.116. The summed E-state index contributed by atoms with van der Waals surface area (Å²) in [4.78, 5) is 20.8. The summed E-state index contributed by atoms with van der Waals surface area (Å²) in [5.74, 6) is 0.308. The van der Waals surface area contributed by atoms with Crippen molar-refractivity contribution in [2.45, 2.75) is 32.6 Å². The minimum Gasteiger partial charge on any atom is -0.511 e. The number of aliphatic hydroxyl groups excluding tert-OH is 1. The van der Waals surface area contributed by atoms with Crippen LogP contribution in [0.3, 0.4) is 0 Å². The zero-order valence-electron chi connectivity index (χ0n) is 14.2. The Morgan fingerprint density at radius 3 is 2.48 bits per heavy atom. The number of hydrogen-bond donors (Lipinski definition) is 2. The molecule has 1 atom stereocenters. The number of carbonyl (C=O) groups is 1. The van der Waals surface area contributed by atoms with Crippen molar-refractivity contribution < 1.29 is 9.90 Å². The zero-order chi connectivity index (χ0) is 17.8. The summed E-state index contributed by atoms with van der Waals surface area (Å²) in [6, 6.07) is 11.6. The van der Waals surface area contributed by atoms with E-state index in [0.29, 0.717) is 18.8 Å². The van der Waals surface area contributed by atoms with E-state index in [0.717, 1.165) is 17.0 Å². The molecule has 3 rings (SSSR count). The van der Waals surface area contributed by atoms with E-state index >= 15 is 0 Å². The summed E-state index contributed by atoms with van der Waals surface area (Å²) in [6.07, 6.45) is 2.13. The van der Waals surface area contributed by atoms with Gasteiger partial charge >= 0.3 is 0 Å². The monoisotopic (exact) mass is 336 g/mol. The average molecular weight is 336 g/mol. The van der Waals surface area contributed by atoms with Crippen LogP contribution in [0.25, 0.3) is 0 Å². The number of ketones is 1. The van der Waals surface area contributed by atoms with Crippen molar-refractivity contribution in [3.63, 3.8) is 0 Å². The lowest BCUT2D eigenvalue weighted by Crippen LogP contribution is -2.19. The average Bonchev–Trinajstić information content (AvgIpc) is 2.57. The number of hydrogen-bond acceptors (Lipinski definition) is 6. The molecule has 128 valence electrons. The first-order valence-electron chi connectivity index (χ1n) is 8.14. The van der Waals surface area contributed by atoms with Crippen molar-refractivity contribution in [3.8, 4) is 0 Å². The van der Waals surface area contributed by atoms with E-state index in [9.17, 15) is 9.90 Å². The number of aliphatic hydroxyl groups is 1. The van der Waals surface area contributed by atoms with Crippen LogP contribution in [0.5, 0.6) is 0 Å². The fourth-order valence-corrected chi connectivity index (χ4v) is 2.95. The largest absolute Gasteiger partial charge is 0.511 e. The fourth-order valence-electron chi connectivity index (χ4n) is 2.95.